The summed E-state index contributed by atoms with van der Waals surface area (Å²) in [7, 11) is 0. The Kier molecular flexibility index (Phi) is 6.70. The minimum absolute atomic E-state index is 0.113. The number of amides is 1. The van der Waals surface area contributed by atoms with Crippen LogP contribution in [0.25, 0.3) is 0 Å². The lowest BCUT2D eigenvalue weighted by molar-refractivity contribution is -0.118. The first-order valence-electron chi connectivity index (χ1n) is 9.58. The number of carboxylic acids is 1. The Morgan fingerprint density at radius 3 is 2.40 bits per heavy atom. The average Bonchev–Trinajstić information content (AvgIpc) is 2.73. The molecule has 3 N–H and O–H groups in total. The molecule has 0 spiro atoms. The number of carbonyl (C=O) groups is 2. The molecular formula is C24H24N2O4. The molecule has 3 rings (SSSR count). The monoisotopic (exact) mass is 404 g/mol. The van der Waals surface area contributed by atoms with Gasteiger partial charge in [-0.05, 0) is 49.7 Å². The van der Waals surface area contributed by atoms with Crippen molar-refractivity contribution in [2.45, 2.75) is 20.4 Å². The van der Waals surface area contributed by atoms with Crippen molar-refractivity contribution in [1.82, 2.24) is 0 Å². The largest absolute Gasteiger partial charge is 0.483 e. The highest BCUT2D eigenvalue weighted by Gasteiger charge is 2.11. The number of hydrogen-bond acceptors (Lipinski definition) is 4. The second-order valence-corrected chi connectivity index (χ2v) is 6.95. The summed E-state index contributed by atoms with van der Waals surface area (Å²) >= 11 is 0. The van der Waals surface area contributed by atoms with Gasteiger partial charge in [0, 0.05) is 23.5 Å². The quantitative estimate of drug-likeness (QED) is 0.509. The minimum Gasteiger partial charge on any atom is -0.483 e. The maximum atomic E-state index is 12.2. The Hall–Kier alpha value is -3.80. The van der Waals surface area contributed by atoms with Crippen molar-refractivity contribution in [2.24, 2.45) is 0 Å². The summed E-state index contributed by atoms with van der Waals surface area (Å²) in [5.74, 6) is -0.609. The summed E-state index contributed by atoms with van der Waals surface area (Å²) in [6.07, 6.45) is 0. The van der Waals surface area contributed by atoms with E-state index in [2.05, 4.69) is 10.6 Å². The highest BCUT2D eigenvalue weighted by molar-refractivity contribution is 5.92. The van der Waals surface area contributed by atoms with E-state index in [0.717, 1.165) is 22.5 Å². The average molecular weight is 404 g/mol. The van der Waals surface area contributed by atoms with Crippen LogP contribution in [0.4, 0.5) is 11.4 Å². The van der Waals surface area contributed by atoms with E-state index < -0.39 is 5.97 Å². The summed E-state index contributed by atoms with van der Waals surface area (Å²) in [5.41, 5.74) is 4.37. The molecule has 0 saturated carbocycles. The first-order valence-corrected chi connectivity index (χ1v) is 9.58. The molecule has 0 radical (unpaired) electrons. The summed E-state index contributed by atoms with van der Waals surface area (Å²) in [6.45, 7) is 4.07. The Bertz CT molecular complexity index is 1050. The van der Waals surface area contributed by atoms with Crippen molar-refractivity contribution in [3.05, 3.63) is 89.0 Å². The highest BCUT2D eigenvalue weighted by Crippen LogP contribution is 2.23. The van der Waals surface area contributed by atoms with Crippen molar-refractivity contribution in [3.8, 4) is 5.75 Å². The summed E-state index contributed by atoms with van der Waals surface area (Å²) in [6, 6.07) is 20.1. The van der Waals surface area contributed by atoms with E-state index in [1.165, 1.54) is 0 Å². The van der Waals surface area contributed by atoms with Crippen LogP contribution in [0.15, 0.2) is 66.7 Å². The third-order valence-corrected chi connectivity index (χ3v) is 4.70. The van der Waals surface area contributed by atoms with Gasteiger partial charge in [0.15, 0.2) is 6.61 Å². The number of carboxylic acid groups (broad SMARTS) is 1. The second-order valence-electron chi connectivity index (χ2n) is 6.95. The number of hydrogen-bond donors (Lipinski definition) is 3. The zero-order valence-corrected chi connectivity index (χ0v) is 16.9. The van der Waals surface area contributed by atoms with E-state index in [-0.39, 0.29) is 18.1 Å². The molecule has 154 valence electrons. The van der Waals surface area contributed by atoms with E-state index in [4.69, 9.17) is 4.74 Å². The third-order valence-electron chi connectivity index (χ3n) is 4.70. The fourth-order valence-electron chi connectivity index (χ4n) is 3.02. The predicted octanol–water partition coefficient (Wildman–Crippen LogP) is 4.63. The van der Waals surface area contributed by atoms with Crippen molar-refractivity contribution >= 4 is 23.3 Å². The fraction of sp³-hybridized carbons (Fsp3) is 0.167. The van der Waals surface area contributed by atoms with E-state index in [1.54, 1.807) is 25.1 Å². The number of benzene rings is 3. The summed E-state index contributed by atoms with van der Waals surface area (Å²) in [5, 5.41) is 15.3. The van der Waals surface area contributed by atoms with E-state index in [1.807, 2.05) is 55.5 Å². The van der Waals surface area contributed by atoms with Gasteiger partial charge in [0.25, 0.3) is 5.91 Å². The molecule has 3 aromatic rings. The maximum absolute atomic E-state index is 12.2. The Morgan fingerprint density at radius 2 is 1.67 bits per heavy atom. The van der Waals surface area contributed by atoms with Crippen LogP contribution in [0.3, 0.4) is 0 Å². The first-order chi connectivity index (χ1) is 14.4. The topological polar surface area (TPSA) is 87.7 Å². The van der Waals surface area contributed by atoms with Crippen LogP contribution in [0.1, 0.15) is 27.0 Å². The van der Waals surface area contributed by atoms with Crippen LogP contribution in [0.5, 0.6) is 5.75 Å². The zero-order valence-electron chi connectivity index (χ0n) is 16.9. The number of ether oxygens (including phenoxy) is 1. The number of aromatic carboxylic acids is 1. The predicted molar refractivity (Wildman–Crippen MR) is 117 cm³/mol. The van der Waals surface area contributed by atoms with E-state index in [0.29, 0.717) is 17.9 Å². The SMILES string of the molecule is Cc1ccc(NC(=O)COc2ccccc2CNc2cccc(C(=O)O)c2C)cc1. The van der Waals surface area contributed by atoms with E-state index >= 15 is 0 Å². The summed E-state index contributed by atoms with van der Waals surface area (Å²) < 4.78 is 5.73. The van der Waals surface area contributed by atoms with Gasteiger partial charge < -0.3 is 20.5 Å². The van der Waals surface area contributed by atoms with Gasteiger partial charge in [0.05, 0.1) is 5.56 Å². The third kappa shape index (κ3) is 5.38. The van der Waals surface area contributed by atoms with Gasteiger partial charge in [-0.15, -0.1) is 0 Å². The van der Waals surface area contributed by atoms with Gasteiger partial charge in [0.2, 0.25) is 0 Å². The molecule has 1 amide bonds. The van der Waals surface area contributed by atoms with Gasteiger partial charge in [-0.3, -0.25) is 4.79 Å². The molecule has 6 heteroatoms. The van der Waals surface area contributed by atoms with Crippen molar-refractivity contribution in [1.29, 1.82) is 0 Å². The Balaban J connectivity index is 1.62. The van der Waals surface area contributed by atoms with Crippen molar-refractivity contribution in [2.75, 3.05) is 17.2 Å². The molecular weight excluding hydrogens is 380 g/mol. The van der Waals surface area contributed by atoms with Gasteiger partial charge in [-0.2, -0.15) is 0 Å². The Labute approximate surface area is 175 Å². The first kappa shape index (κ1) is 20.9. The van der Waals surface area contributed by atoms with Crippen LogP contribution in [-0.4, -0.2) is 23.6 Å². The molecule has 0 unspecified atom stereocenters. The van der Waals surface area contributed by atoms with Gasteiger partial charge in [-0.1, -0.05) is 42.0 Å². The summed E-state index contributed by atoms with van der Waals surface area (Å²) in [4.78, 5) is 23.5. The van der Waals surface area contributed by atoms with Crippen LogP contribution in [0.2, 0.25) is 0 Å². The highest BCUT2D eigenvalue weighted by atomic mass is 16.5. The van der Waals surface area contributed by atoms with Crippen LogP contribution in [-0.2, 0) is 11.3 Å². The number of anilines is 2. The smallest absolute Gasteiger partial charge is 0.336 e. The number of nitrogens with one attached hydrogen (secondary N) is 2. The van der Waals surface area contributed by atoms with Gasteiger partial charge in [-0.25, -0.2) is 4.79 Å². The number of rotatable bonds is 8. The van der Waals surface area contributed by atoms with Crippen molar-refractivity contribution < 1.29 is 19.4 Å². The van der Waals surface area contributed by atoms with Crippen LogP contribution < -0.4 is 15.4 Å². The molecule has 0 saturated heterocycles. The molecule has 6 nitrogen and oxygen atoms in total. The molecule has 0 aliphatic heterocycles. The zero-order chi connectivity index (χ0) is 21.5. The second kappa shape index (κ2) is 9.60. The normalized spacial score (nSPS) is 10.3. The van der Waals surface area contributed by atoms with Gasteiger partial charge in [0.1, 0.15) is 5.75 Å². The number of para-hydroxylation sites is 1. The maximum Gasteiger partial charge on any atom is 0.336 e. The lowest BCUT2D eigenvalue weighted by Crippen LogP contribution is -2.20. The number of carbonyl (C=O) groups excluding carboxylic acids is 1. The molecule has 0 atom stereocenters. The molecule has 0 bridgehead atoms. The minimum atomic E-state index is -0.959. The standard InChI is InChI=1S/C24H24N2O4/c1-16-10-12-19(13-11-16)26-23(27)15-30-22-9-4-3-6-18(22)14-25-21-8-5-7-20(17(21)2)24(28)29/h3-13,25H,14-15H2,1-2H3,(H,26,27)(H,28,29). The van der Waals surface area contributed by atoms with Crippen molar-refractivity contribution in [3.63, 3.8) is 0 Å². The molecule has 0 aliphatic carbocycles. The lowest BCUT2D eigenvalue weighted by Gasteiger charge is -2.15. The van der Waals surface area contributed by atoms with Crippen LogP contribution >= 0.6 is 0 Å². The lowest BCUT2D eigenvalue weighted by atomic mass is 10.1. The molecule has 30 heavy (non-hydrogen) atoms. The molecule has 3 aromatic carbocycles. The van der Waals surface area contributed by atoms with E-state index in [9.17, 15) is 14.7 Å². The Morgan fingerprint density at radius 1 is 0.933 bits per heavy atom. The molecule has 0 heterocycles. The molecule has 0 aromatic heterocycles. The van der Waals surface area contributed by atoms with Gasteiger partial charge >= 0.3 is 5.97 Å². The van der Waals surface area contributed by atoms with Crippen LogP contribution in [0, 0.1) is 13.8 Å². The number of aryl methyl sites for hydroxylation is 1. The fourth-order valence-corrected chi connectivity index (χ4v) is 3.02. The molecule has 0 aliphatic rings. The molecule has 0 fully saturated rings.